The van der Waals surface area contributed by atoms with Gasteiger partial charge in [-0.3, -0.25) is 21.3 Å². The van der Waals surface area contributed by atoms with Crippen molar-refractivity contribution in [2.24, 2.45) is 23.0 Å². The first kappa shape index (κ1) is 30.7. The normalized spacial score (nSPS) is 14.5. The number of carbonyl (C=O) groups excluding carboxylic acids is 2. The summed E-state index contributed by atoms with van der Waals surface area (Å²) in [5.74, 6) is 9.74. The lowest BCUT2D eigenvalue weighted by Gasteiger charge is -2.22. The molecule has 1 aromatic rings. The van der Waals surface area contributed by atoms with Crippen molar-refractivity contribution in [1.82, 2.24) is 10.2 Å². The topological polar surface area (TPSA) is 101 Å². The molecule has 2 amide bonds. The third-order valence-corrected chi connectivity index (χ3v) is 4.13. The average molecular weight is 441 g/mol. The Balaban J connectivity index is 0. The molecule has 0 bridgehead atoms. The maximum Gasteiger partial charge on any atom is 0.223 e. The largest absolute Gasteiger partial charge is 0.354 e. The van der Waals surface area contributed by atoms with E-state index in [-0.39, 0.29) is 23.1 Å². The fraction of sp³-hybridized carbons (Fsp3) is 0.565. The molecule has 5 N–H and O–H groups in total. The van der Waals surface area contributed by atoms with Crippen LogP contribution in [0.4, 0.5) is 8.78 Å². The van der Waals surface area contributed by atoms with Crippen LogP contribution in [0.5, 0.6) is 0 Å². The number of amides is 2. The van der Waals surface area contributed by atoms with E-state index in [4.69, 9.17) is 6.42 Å². The van der Waals surface area contributed by atoms with Crippen molar-refractivity contribution < 1.29 is 18.4 Å². The Bertz CT molecular complexity index is 713. The highest BCUT2D eigenvalue weighted by Gasteiger charge is 2.26. The van der Waals surface area contributed by atoms with Gasteiger partial charge in [0.1, 0.15) is 11.6 Å². The SMILES string of the molecule is C#Cc1cc(F)c(CNC=O)cc1F.CC.CC1CCN(C(=O)CC(C)(C)C)C1.NN. The van der Waals surface area contributed by atoms with E-state index in [1.807, 2.05) is 24.7 Å². The zero-order chi connectivity index (χ0) is 24.6. The highest BCUT2D eigenvalue weighted by atomic mass is 19.1. The molecule has 1 saturated heterocycles. The minimum Gasteiger partial charge on any atom is -0.354 e. The van der Waals surface area contributed by atoms with E-state index < -0.39 is 11.6 Å². The van der Waals surface area contributed by atoms with Crippen LogP contribution < -0.4 is 17.0 Å². The zero-order valence-corrected chi connectivity index (χ0v) is 19.6. The molecule has 0 saturated carbocycles. The van der Waals surface area contributed by atoms with Crippen LogP contribution >= 0.6 is 0 Å². The number of likely N-dealkylation sites (tertiary alicyclic amines) is 1. The third-order valence-electron chi connectivity index (χ3n) is 4.13. The summed E-state index contributed by atoms with van der Waals surface area (Å²) >= 11 is 0. The number of nitrogens with one attached hydrogen (secondary N) is 1. The lowest BCUT2D eigenvalue weighted by Crippen LogP contribution is -2.31. The molecule has 2 rings (SSSR count). The van der Waals surface area contributed by atoms with Gasteiger partial charge in [0.05, 0.1) is 5.56 Å². The Kier molecular flexibility index (Phi) is 16.1. The molecule has 0 aromatic heterocycles. The second-order valence-corrected chi connectivity index (χ2v) is 8.04. The van der Waals surface area contributed by atoms with Gasteiger partial charge < -0.3 is 10.2 Å². The van der Waals surface area contributed by atoms with Crippen molar-refractivity contribution in [2.75, 3.05) is 13.1 Å². The standard InChI is InChI=1S/C11H21NO.C10H7F2NO.C2H6.H4N2/c1-9-5-6-12(8-9)10(13)7-11(2,3)4;1-2-7-3-10(12)8(4-9(7)11)5-13-6-14;2*1-2/h9H,5-8H2,1-4H3;1,3-4,6H,5H2,(H,13,14);1-2H3;1-2H2. The van der Waals surface area contributed by atoms with Gasteiger partial charge in [0.2, 0.25) is 12.3 Å². The zero-order valence-electron chi connectivity index (χ0n) is 19.6. The molecule has 1 unspecified atom stereocenters. The Morgan fingerprint density at radius 2 is 1.87 bits per heavy atom. The van der Waals surface area contributed by atoms with Gasteiger partial charge in [-0.2, -0.15) is 0 Å². The van der Waals surface area contributed by atoms with E-state index in [9.17, 15) is 18.4 Å². The van der Waals surface area contributed by atoms with Crippen molar-refractivity contribution in [1.29, 1.82) is 0 Å². The van der Waals surface area contributed by atoms with E-state index in [2.05, 4.69) is 44.7 Å². The molecule has 1 aliphatic heterocycles. The van der Waals surface area contributed by atoms with Gasteiger partial charge in [-0.1, -0.05) is 47.5 Å². The van der Waals surface area contributed by atoms with E-state index >= 15 is 0 Å². The molecule has 1 atom stereocenters. The van der Waals surface area contributed by atoms with Crippen LogP contribution in [0.15, 0.2) is 12.1 Å². The summed E-state index contributed by atoms with van der Waals surface area (Å²) in [5, 5.41) is 2.23. The second-order valence-electron chi connectivity index (χ2n) is 8.04. The van der Waals surface area contributed by atoms with Crippen LogP contribution in [0, 0.1) is 35.3 Å². The number of terminal acetylenes is 1. The number of carbonyl (C=O) groups is 2. The lowest BCUT2D eigenvalue weighted by molar-refractivity contribution is -0.132. The second kappa shape index (κ2) is 16.2. The van der Waals surface area contributed by atoms with E-state index in [0.29, 0.717) is 24.7 Å². The van der Waals surface area contributed by atoms with Crippen molar-refractivity contribution in [2.45, 2.75) is 60.9 Å². The highest BCUT2D eigenvalue weighted by molar-refractivity contribution is 5.77. The summed E-state index contributed by atoms with van der Waals surface area (Å²) in [6.45, 7) is 14.4. The molecule has 1 heterocycles. The molecular weight excluding hydrogens is 402 g/mol. The molecule has 0 spiro atoms. The lowest BCUT2D eigenvalue weighted by atomic mass is 9.92. The van der Waals surface area contributed by atoms with E-state index in [1.165, 1.54) is 6.42 Å². The van der Waals surface area contributed by atoms with Gasteiger partial charge in [0, 0.05) is 31.6 Å². The molecule has 1 aliphatic rings. The number of halogens is 2. The molecule has 176 valence electrons. The van der Waals surface area contributed by atoms with Crippen LogP contribution in [-0.4, -0.2) is 30.3 Å². The number of benzene rings is 1. The molecule has 8 heteroatoms. The maximum atomic E-state index is 13.1. The summed E-state index contributed by atoms with van der Waals surface area (Å²) in [6.07, 6.45) is 7.21. The van der Waals surface area contributed by atoms with Crippen LogP contribution in [-0.2, 0) is 16.1 Å². The number of hydrogen-bond acceptors (Lipinski definition) is 4. The van der Waals surface area contributed by atoms with Crippen LogP contribution in [0.3, 0.4) is 0 Å². The van der Waals surface area contributed by atoms with Gasteiger partial charge >= 0.3 is 0 Å². The summed E-state index contributed by atoms with van der Waals surface area (Å²) in [5.41, 5.74) is 0.0640. The van der Waals surface area contributed by atoms with Crippen molar-refractivity contribution in [3.05, 3.63) is 34.9 Å². The number of nitrogens with two attached hydrogens (primary N) is 2. The number of hydrogen-bond donors (Lipinski definition) is 3. The molecule has 1 fully saturated rings. The van der Waals surface area contributed by atoms with Gasteiger partial charge in [0.25, 0.3) is 0 Å². The van der Waals surface area contributed by atoms with E-state index in [0.717, 1.165) is 25.2 Å². The van der Waals surface area contributed by atoms with Gasteiger partial charge in [-0.05, 0) is 29.9 Å². The molecule has 0 radical (unpaired) electrons. The first-order valence-corrected chi connectivity index (χ1v) is 10.3. The molecule has 0 aliphatic carbocycles. The summed E-state index contributed by atoms with van der Waals surface area (Å²) in [4.78, 5) is 23.7. The van der Waals surface area contributed by atoms with Crippen molar-refractivity contribution >= 4 is 12.3 Å². The van der Waals surface area contributed by atoms with Gasteiger partial charge in [-0.25, -0.2) is 8.78 Å². The Labute approximate surface area is 185 Å². The number of rotatable bonds is 4. The summed E-state index contributed by atoms with van der Waals surface area (Å²) in [7, 11) is 0. The fourth-order valence-corrected chi connectivity index (χ4v) is 2.71. The monoisotopic (exact) mass is 440 g/mol. The molecule has 1 aromatic carbocycles. The molecule has 31 heavy (non-hydrogen) atoms. The Morgan fingerprint density at radius 1 is 1.29 bits per heavy atom. The Morgan fingerprint density at radius 3 is 2.29 bits per heavy atom. The number of hydrazine groups is 1. The minimum absolute atomic E-state index is 0.0584. The summed E-state index contributed by atoms with van der Waals surface area (Å²) in [6, 6.07) is 1.90. The van der Waals surface area contributed by atoms with Gasteiger partial charge in [0.15, 0.2) is 0 Å². The van der Waals surface area contributed by atoms with Crippen LogP contribution in [0.2, 0.25) is 0 Å². The highest BCUT2D eigenvalue weighted by Crippen LogP contribution is 2.23. The molecular formula is C23H38F2N4O2. The fourth-order valence-electron chi connectivity index (χ4n) is 2.71. The first-order valence-electron chi connectivity index (χ1n) is 10.3. The van der Waals surface area contributed by atoms with Crippen molar-refractivity contribution in [3.8, 4) is 12.3 Å². The van der Waals surface area contributed by atoms with Crippen molar-refractivity contribution in [3.63, 3.8) is 0 Å². The van der Waals surface area contributed by atoms with Crippen LogP contribution in [0.25, 0.3) is 0 Å². The van der Waals surface area contributed by atoms with Crippen LogP contribution in [0.1, 0.15) is 65.5 Å². The smallest absolute Gasteiger partial charge is 0.223 e. The predicted molar refractivity (Wildman–Crippen MR) is 121 cm³/mol. The predicted octanol–water partition coefficient (Wildman–Crippen LogP) is 3.33. The number of nitrogens with zero attached hydrogens (tertiary/aromatic N) is 1. The van der Waals surface area contributed by atoms with Gasteiger partial charge in [-0.15, -0.1) is 6.42 Å². The minimum atomic E-state index is -0.670. The molecule has 6 nitrogen and oxygen atoms in total. The first-order chi connectivity index (χ1) is 14.6. The summed E-state index contributed by atoms with van der Waals surface area (Å²) < 4.78 is 26.2. The van der Waals surface area contributed by atoms with E-state index in [1.54, 1.807) is 0 Å². The maximum absolute atomic E-state index is 13.1. The quantitative estimate of drug-likeness (QED) is 0.289. The Hall–Kier alpha value is -2.50. The third kappa shape index (κ3) is 12.7. The average Bonchev–Trinajstić information content (AvgIpc) is 3.17.